The van der Waals surface area contributed by atoms with Crippen LogP contribution in [0.2, 0.25) is 0 Å². The highest BCUT2D eigenvalue weighted by Gasteiger charge is 2.17. The Kier molecular flexibility index (Phi) is 3.36. The van der Waals surface area contributed by atoms with Gasteiger partial charge in [0.25, 0.3) is 0 Å². The van der Waals surface area contributed by atoms with Crippen molar-refractivity contribution in [3.8, 4) is 5.69 Å². The van der Waals surface area contributed by atoms with Crippen LogP contribution in [-0.4, -0.2) is 20.4 Å². The molecule has 0 spiro atoms. The van der Waals surface area contributed by atoms with E-state index in [1.54, 1.807) is 18.3 Å². The van der Waals surface area contributed by atoms with Crippen molar-refractivity contribution in [2.75, 3.05) is 5.88 Å². The molecule has 2 aromatic heterocycles. The van der Waals surface area contributed by atoms with Gasteiger partial charge in [0.2, 0.25) is 0 Å². The maximum atomic E-state index is 14.0. The van der Waals surface area contributed by atoms with Crippen molar-refractivity contribution in [2.24, 2.45) is 0 Å². The number of hydrogen-bond donors (Lipinski definition) is 0. The van der Waals surface area contributed by atoms with E-state index in [1.165, 1.54) is 16.7 Å². The molecule has 0 fully saturated rings. The first kappa shape index (κ1) is 13.0. The maximum absolute atomic E-state index is 14.0. The average Bonchev–Trinajstić information content (AvgIpc) is 2.80. The molecular formula is C14H10ClF2N3. The molecule has 0 bridgehead atoms. The molecule has 20 heavy (non-hydrogen) atoms. The highest BCUT2D eigenvalue weighted by atomic mass is 35.5. The predicted octanol–water partition coefficient (Wildman–Crippen LogP) is 3.48. The van der Waals surface area contributed by atoms with Crippen LogP contribution in [0.25, 0.3) is 16.9 Å². The van der Waals surface area contributed by atoms with Gasteiger partial charge < -0.3 is 0 Å². The van der Waals surface area contributed by atoms with Gasteiger partial charge in [0.15, 0.2) is 17.3 Å². The van der Waals surface area contributed by atoms with Crippen LogP contribution < -0.4 is 0 Å². The Morgan fingerprint density at radius 2 is 2.00 bits per heavy atom. The van der Waals surface area contributed by atoms with Gasteiger partial charge in [-0.05, 0) is 24.3 Å². The zero-order valence-electron chi connectivity index (χ0n) is 10.4. The molecule has 0 atom stereocenters. The summed E-state index contributed by atoms with van der Waals surface area (Å²) in [7, 11) is 0. The van der Waals surface area contributed by atoms with Crippen LogP contribution in [0.4, 0.5) is 8.78 Å². The zero-order chi connectivity index (χ0) is 14.1. The molecular weight excluding hydrogens is 284 g/mol. The topological polar surface area (TPSA) is 30.7 Å². The molecule has 6 heteroatoms. The molecule has 0 aliphatic heterocycles. The van der Waals surface area contributed by atoms with Crippen molar-refractivity contribution in [2.45, 2.75) is 6.42 Å². The minimum Gasteiger partial charge on any atom is -0.278 e. The third-order valence-electron chi connectivity index (χ3n) is 2.98. The van der Waals surface area contributed by atoms with Crippen LogP contribution in [0.5, 0.6) is 0 Å². The average molecular weight is 294 g/mol. The second kappa shape index (κ2) is 5.17. The van der Waals surface area contributed by atoms with Crippen LogP contribution >= 0.6 is 11.6 Å². The summed E-state index contributed by atoms with van der Waals surface area (Å²) in [5.41, 5.74) is 1.19. The Hall–Kier alpha value is -2.01. The van der Waals surface area contributed by atoms with Crippen molar-refractivity contribution < 1.29 is 8.78 Å². The fourth-order valence-electron chi connectivity index (χ4n) is 2.13. The van der Waals surface area contributed by atoms with Gasteiger partial charge in [-0.25, -0.2) is 18.7 Å². The molecule has 2 heterocycles. The number of pyridine rings is 1. The van der Waals surface area contributed by atoms with E-state index in [4.69, 9.17) is 11.6 Å². The lowest BCUT2D eigenvalue weighted by molar-refractivity contribution is 0.504. The van der Waals surface area contributed by atoms with Gasteiger partial charge in [-0.1, -0.05) is 6.07 Å². The van der Waals surface area contributed by atoms with Crippen molar-refractivity contribution in [3.63, 3.8) is 0 Å². The van der Waals surface area contributed by atoms with E-state index in [1.807, 2.05) is 0 Å². The lowest BCUT2D eigenvalue weighted by Gasteiger charge is -2.09. The number of aromatic nitrogens is 3. The summed E-state index contributed by atoms with van der Waals surface area (Å²) in [4.78, 5) is 8.58. The highest BCUT2D eigenvalue weighted by Crippen LogP contribution is 2.23. The maximum Gasteiger partial charge on any atom is 0.182 e. The fraction of sp³-hybridized carbons (Fsp3) is 0.143. The number of halogens is 3. The van der Waals surface area contributed by atoms with E-state index >= 15 is 0 Å². The number of rotatable bonds is 3. The first-order valence-electron chi connectivity index (χ1n) is 6.05. The summed E-state index contributed by atoms with van der Waals surface area (Å²) in [6.45, 7) is 0. The van der Waals surface area contributed by atoms with E-state index in [0.717, 1.165) is 6.07 Å². The molecule has 0 unspecified atom stereocenters. The molecule has 3 rings (SSSR count). The lowest BCUT2D eigenvalue weighted by Crippen LogP contribution is -2.06. The third kappa shape index (κ3) is 2.04. The summed E-state index contributed by atoms with van der Waals surface area (Å²) in [5.74, 6) is -0.941. The highest BCUT2D eigenvalue weighted by molar-refractivity contribution is 6.17. The van der Waals surface area contributed by atoms with Crippen molar-refractivity contribution >= 4 is 22.8 Å². The summed E-state index contributed by atoms with van der Waals surface area (Å²) >= 11 is 5.75. The molecule has 0 saturated carbocycles. The molecule has 102 valence electrons. The first-order valence-corrected chi connectivity index (χ1v) is 6.58. The zero-order valence-corrected chi connectivity index (χ0v) is 11.1. The van der Waals surface area contributed by atoms with Gasteiger partial charge in [-0.2, -0.15) is 0 Å². The van der Waals surface area contributed by atoms with E-state index in [-0.39, 0.29) is 5.69 Å². The Morgan fingerprint density at radius 1 is 1.15 bits per heavy atom. The number of aryl methyl sites for hydroxylation is 1. The summed E-state index contributed by atoms with van der Waals surface area (Å²) in [5, 5.41) is 0. The molecule has 0 aliphatic rings. The number of nitrogens with zero attached hydrogens (tertiary/aromatic N) is 3. The van der Waals surface area contributed by atoms with E-state index in [9.17, 15) is 8.78 Å². The summed E-state index contributed by atoms with van der Waals surface area (Å²) in [6.07, 6.45) is 2.02. The van der Waals surface area contributed by atoms with Crippen molar-refractivity contribution in [3.05, 3.63) is 54.0 Å². The molecule has 0 radical (unpaired) electrons. The number of fused-ring (bicyclic) bond motifs is 1. The van der Waals surface area contributed by atoms with Crippen LogP contribution in [0.15, 0.2) is 36.5 Å². The number of alkyl halides is 1. The Labute approximate surface area is 118 Å². The van der Waals surface area contributed by atoms with Gasteiger partial charge in [0.1, 0.15) is 11.3 Å². The fourth-order valence-corrected chi connectivity index (χ4v) is 2.30. The Bertz CT molecular complexity index is 770. The molecule has 0 saturated heterocycles. The second-order valence-corrected chi connectivity index (χ2v) is 4.60. The van der Waals surface area contributed by atoms with E-state index in [2.05, 4.69) is 9.97 Å². The van der Waals surface area contributed by atoms with Crippen molar-refractivity contribution in [1.29, 1.82) is 0 Å². The normalized spacial score (nSPS) is 11.2. The van der Waals surface area contributed by atoms with Crippen LogP contribution in [0.3, 0.4) is 0 Å². The molecule has 0 aliphatic carbocycles. The third-order valence-corrected chi connectivity index (χ3v) is 3.16. The standard InChI is InChI=1S/C14H10ClF2N3/c15-7-6-12-19-10-4-2-8-18-14(10)20(12)11-5-1-3-9(16)13(11)17/h1-5,8H,6-7H2. The monoisotopic (exact) mass is 293 g/mol. The summed E-state index contributed by atoms with van der Waals surface area (Å²) in [6, 6.07) is 7.53. The second-order valence-electron chi connectivity index (χ2n) is 4.22. The Balaban J connectivity index is 2.33. The largest absolute Gasteiger partial charge is 0.278 e. The smallest absolute Gasteiger partial charge is 0.182 e. The van der Waals surface area contributed by atoms with Gasteiger partial charge in [-0.3, -0.25) is 4.57 Å². The van der Waals surface area contributed by atoms with Crippen LogP contribution in [0, 0.1) is 11.6 Å². The van der Waals surface area contributed by atoms with E-state index in [0.29, 0.717) is 29.3 Å². The number of hydrogen-bond acceptors (Lipinski definition) is 2. The lowest BCUT2D eigenvalue weighted by atomic mass is 10.2. The van der Waals surface area contributed by atoms with Gasteiger partial charge in [0.05, 0.1) is 5.69 Å². The van der Waals surface area contributed by atoms with Crippen LogP contribution in [-0.2, 0) is 6.42 Å². The van der Waals surface area contributed by atoms with Gasteiger partial charge in [-0.15, -0.1) is 11.6 Å². The van der Waals surface area contributed by atoms with Crippen molar-refractivity contribution in [1.82, 2.24) is 14.5 Å². The summed E-state index contributed by atoms with van der Waals surface area (Å²) < 4.78 is 29.0. The van der Waals surface area contributed by atoms with E-state index < -0.39 is 11.6 Å². The van der Waals surface area contributed by atoms with Gasteiger partial charge in [0, 0.05) is 18.5 Å². The number of benzene rings is 1. The molecule has 1 aromatic carbocycles. The molecule has 0 amide bonds. The van der Waals surface area contributed by atoms with Crippen LogP contribution in [0.1, 0.15) is 5.82 Å². The minimum atomic E-state index is -0.923. The number of imidazole rings is 1. The quantitative estimate of drug-likeness (QED) is 0.692. The molecule has 3 nitrogen and oxygen atoms in total. The first-order chi connectivity index (χ1) is 9.72. The minimum absolute atomic E-state index is 0.0892. The molecule has 0 N–H and O–H groups in total. The predicted molar refractivity (Wildman–Crippen MR) is 73.2 cm³/mol. The van der Waals surface area contributed by atoms with Gasteiger partial charge >= 0.3 is 0 Å². The Morgan fingerprint density at radius 3 is 2.80 bits per heavy atom. The molecule has 3 aromatic rings. The SMILES string of the molecule is Fc1cccc(-n2c(CCCl)nc3cccnc32)c1F.